The molecule has 0 saturated heterocycles. The molecule has 1 atom stereocenters. The van der Waals surface area contributed by atoms with E-state index >= 15 is 0 Å². The summed E-state index contributed by atoms with van der Waals surface area (Å²) in [6.07, 6.45) is 1.36. The highest BCUT2D eigenvalue weighted by atomic mass is 16.2. The minimum absolute atomic E-state index is 0.143. The van der Waals surface area contributed by atoms with Crippen molar-refractivity contribution in [3.8, 4) is 6.07 Å². The van der Waals surface area contributed by atoms with Gasteiger partial charge in [0.2, 0.25) is 0 Å². The Labute approximate surface area is 84.8 Å². The summed E-state index contributed by atoms with van der Waals surface area (Å²) >= 11 is 0. The number of rotatable bonds is 4. The number of nitriles is 1. The lowest BCUT2D eigenvalue weighted by atomic mass is 9.80. The number of aliphatic hydroxyl groups excluding tert-OH is 1. The van der Waals surface area contributed by atoms with Crippen molar-refractivity contribution in [2.75, 3.05) is 6.61 Å². The van der Waals surface area contributed by atoms with Crippen LogP contribution in [0.1, 0.15) is 25.3 Å². The van der Waals surface area contributed by atoms with Crippen molar-refractivity contribution in [3.05, 3.63) is 35.9 Å². The van der Waals surface area contributed by atoms with Gasteiger partial charge in [-0.15, -0.1) is 0 Å². The number of aliphatic hydroxyl groups is 1. The fourth-order valence-electron chi connectivity index (χ4n) is 1.50. The zero-order valence-corrected chi connectivity index (χ0v) is 8.40. The van der Waals surface area contributed by atoms with Crippen LogP contribution in [-0.2, 0) is 5.41 Å². The number of benzene rings is 1. The van der Waals surface area contributed by atoms with Crippen LogP contribution in [0, 0.1) is 11.3 Å². The topological polar surface area (TPSA) is 44.0 Å². The summed E-state index contributed by atoms with van der Waals surface area (Å²) < 4.78 is 0. The second kappa shape index (κ2) is 4.78. The molecular formula is C12H15NO. The Morgan fingerprint density at radius 1 is 1.36 bits per heavy atom. The monoisotopic (exact) mass is 189 g/mol. The van der Waals surface area contributed by atoms with Gasteiger partial charge in [0.1, 0.15) is 0 Å². The minimum Gasteiger partial charge on any atom is -0.396 e. The summed E-state index contributed by atoms with van der Waals surface area (Å²) in [5.41, 5.74) is 0.556. The third-order valence-electron chi connectivity index (χ3n) is 2.49. The normalized spacial score (nSPS) is 14.4. The van der Waals surface area contributed by atoms with Crippen LogP contribution in [0.15, 0.2) is 30.3 Å². The molecule has 0 amide bonds. The van der Waals surface area contributed by atoms with Crippen molar-refractivity contribution in [2.45, 2.75) is 25.2 Å². The summed E-state index contributed by atoms with van der Waals surface area (Å²) in [5, 5.41) is 17.9. The standard InChI is InChI=1S/C12H15NO/c1-12(10-13,8-5-9-14)11-6-3-2-4-7-11/h2-4,6-7,14H,5,8-9H2,1H3. The number of hydrogen-bond acceptors (Lipinski definition) is 2. The Hall–Kier alpha value is -1.33. The molecule has 0 fully saturated rings. The van der Waals surface area contributed by atoms with Crippen LogP contribution < -0.4 is 0 Å². The zero-order valence-electron chi connectivity index (χ0n) is 8.40. The van der Waals surface area contributed by atoms with Gasteiger partial charge in [0.05, 0.1) is 11.5 Å². The van der Waals surface area contributed by atoms with E-state index in [4.69, 9.17) is 10.4 Å². The number of hydrogen-bond donors (Lipinski definition) is 1. The van der Waals surface area contributed by atoms with E-state index in [-0.39, 0.29) is 6.61 Å². The first-order valence-corrected chi connectivity index (χ1v) is 4.80. The maximum atomic E-state index is 9.13. The van der Waals surface area contributed by atoms with Gasteiger partial charge < -0.3 is 5.11 Å². The predicted octanol–water partition coefficient (Wildman–Crippen LogP) is 2.24. The molecule has 0 bridgehead atoms. The van der Waals surface area contributed by atoms with Gasteiger partial charge >= 0.3 is 0 Å². The van der Waals surface area contributed by atoms with Gasteiger partial charge in [0.15, 0.2) is 0 Å². The van der Waals surface area contributed by atoms with Gasteiger partial charge in [-0.25, -0.2) is 0 Å². The molecule has 74 valence electrons. The molecule has 2 nitrogen and oxygen atoms in total. The van der Waals surface area contributed by atoms with E-state index in [1.165, 1.54) is 0 Å². The Morgan fingerprint density at radius 3 is 2.50 bits per heavy atom. The minimum atomic E-state index is -0.468. The smallest absolute Gasteiger partial charge is 0.0795 e. The van der Waals surface area contributed by atoms with Crippen LogP contribution in [0.3, 0.4) is 0 Å². The highest BCUT2D eigenvalue weighted by Gasteiger charge is 2.25. The Bertz CT molecular complexity index is 315. The molecule has 0 aliphatic carbocycles. The maximum absolute atomic E-state index is 9.13. The van der Waals surface area contributed by atoms with Gasteiger partial charge in [-0.3, -0.25) is 0 Å². The molecule has 0 radical (unpaired) electrons. The second-order valence-electron chi connectivity index (χ2n) is 3.64. The van der Waals surface area contributed by atoms with E-state index in [0.29, 0.717) is 12.8 Å². The average molecular weight is 189 g/mol. The summed E-state index contributed by atoms with van der Waals surface area (Å²) in [6, 6.07) is 12.0. The summed E-state index contributed by atoms with van der Waals surface area (Å²) in [7, 11) is 0. The highest BCUT2D eigenvalue weighted by Crippen LogP contribution is 2.27. The SMILES string of the molecule is CC(C#N)(CCCO)c1ccccc1. The Morgan fingerprint density at radius 2 is 2.00 bits per heavy atom. The molecule has 1 aromatic rings. The van der Waals surface area contributed by atoms with E-state index in [1.807, 2.05) is 37.3 Å². The van der Waals surface area contributed by atoms with Crippen molar-refractivity contribution in [1.82, 2.24) is 0 Å². The van der Waals surface area contributed by atoms with E-state index in [0.717, 1.165) is 5.56 Å². The van der Waals surface area contributed by atoms with E-state index < -0.39 is 5.41 Å². The largest absolute Gasteiger partial charge is 0.396 e. The van der Waals surface area contributed by atoms with E-state index in [1.54, 1.807) is 0 Å². The summed E-state index contributed by atoms with van der Waals surface area (Å²) in [6.45, 7) is 2.06. The first-order chi connectivity index (χ1) is 6.73. The lowest BCUT2D eigenvalue weighted by Crippen LogP contribution is -2.19. The third kappa shape index (κ3) is 2.34. The van der Waals surface area contributed by atoms with Crippen molar-refractivity contribution >= 4 is 0 Å². The first kappa shape index (κ1) is 10.7. The van der Waals surface area contributed by atoms with Gasteiger partial charge in [-0.05, 0) is 25.3 Å². The lowest BCUT2D eigenvalue weighted by Gasteiger charge is -2.21. The van der Waals surface area contributed by atoms with Gasteiger partial charge in [0.25, 0.3) is 0 Å². The molecule has 1 unspecified atom stereocenters. The van der Waals surface area contributed by atoms with Crippen molar-refractivity contribution in [2.24, 2.45) is 0 Å². The fraction of sp³-hybridized carbons (Fsp3) is 0.417. The molecule has 0 saturated carbocycles. The third-order valence-corrected chi connectivity index (χ3v) is 2.49. The van der Waals surface area contributed by atoms with Gasteiger partial charge in [-0.1, -0.05) is 30.3 Å². The molecule has 1 rings (SSSR count). The van der Waals surface area contributed by atoms with Crippen LogP contribution >= 0.6 is 0 Å². The van der Waals surface area contributed by atoms with Crippen LogP contribution in [0.2, 0.25) is 0 Å². The van der Waals surface area contributed by atoms with Crippen molar-refractivity contribution in [1.29, 1.82) is 5.26 Å². The van der Waals surface area contributed by atoms with Crippen LogP contribution in [0.5, 0.6) is 0 Å². The predicted molar refractivity (Wildman–Crippen MR) is 55.7 cm³/mol. The quantitative estimate of drug-likeness (QED) is 0.789. The summed E-state index contributed by atoms with van der Waals surface area (Å²) in [4.78, 5) is 0. The molecule has 1 N–H and O–H groups in total. The molecule has 0 spiro atoms. The van der Waals surface area contributed by atoms with Gasteiger partial charge in [0, 0.05) is 6.61 Å². The molecule has 2 heteroatoms. The molecule has 14 heavy (non-hydrogen) atoms. The molecule has 0 aromatic heterocycles. The zero-order chi connectivity index (χ0) is 10.4. The average Bonchev–Trinajstić information content (AvgIpc) is 2.27. The van der Waals surface area contributed by atoms with Crippen molar-refractivity contribution in [3.63, 3.8) is 0 Å². The molecule has 0 heterocycles. The Balaban J connectivity index is 2.86. The summed E-state index contributed by atoms with van der Waals surface area (Å²) in [5.74, 6) is 0. The Kier molecular flexibility index (Phi) is 3.67. The molecule has 0 aliphatic rings. The van der Waals surface area contributed by atoms with Crippen LogP contribution in [-0.4, -0.2) is 11.7 Å². The van der Waals surface area contributed by atoms with Crippen LogP contribution in [0.4, 0.5) is 0 Å². The molecule has 1 aromatic carbocycles. The van der Waals surface area contributed by atoms with Crippen LogP contribution in [0.25, 0.3) is 0 Å². The number of nitrogens with zero attached hydrogens (tertiary/aromatic N) is 1. The molecular weight excluding hydrogens is 174 g/mol. The fourth-order valence-corrected chi connectivity index (χ4v) is 1.50. The maximum Gasteiger partial charge on any atom is 0.0795 e. The van der Waals surface area contributed by atoms with Gasteiger partial charge in [-0.2, -0.15) is 5.26 Å². The first-order valence-electron chi connectivity index (χ1n) is 4.80. The van der Waals surface area contributed by atoms with E-state index in [9.17, 15) is 0 Å². The second-order valence-corrected chi connectivity index (χ2v) is 3.64. The van der Waals surface area contributed by atoms with E-state index in [2.05, 4.69) is 6.07 Å². The lowest BCUT2D eigenvalue weighted by molar-refractivity contribution is 0.274. The van der Waals surface area contributed by atoms with Crippen molar-refractivity contribution < 1.29 is 5.11 Å². The molecule has 0 aliphatic heterocycles. The highest BCUT2D eigenvalue weighted by molar-refractivity contribution is 5.30.